The van der Waals surface area contributed by atoms with E-state index < -0.39 is 23.3 Å². The van der Waals surface area contributed by atoms with Crippen molar-refractivity contribution in [2.45, 2.75) is 51.7 Å². The van der Waals surface area contributed by atoms with Crippen molar-refractivity contribution in [3.63, 3.8) is 0 Å². The first-order chi connectivity index (χ1) is 18.5. The van der Waals surface area contributed by atoms with E-state index in [1.807, 2.05) is 24.3 Å². The Kier molecular flexibility index (Phi) is 8.68. The second-order valence-corrected chi connectivity index (χ2v) is 10.9. The van der Waals surface area contributed by atoms with E-state index in [9.17, 15) is 19.2 Å². The van der Waals surface area contributed by atoms with Gasteiger partial charge in [0.25, 0.3) is 0 Å². The van der Waals surface area contributed by atoms with E-state index in [4.69, 9.17) is 10.5 Å². The summed E-state index contributed by atoms with van der Waals surface area (Å²) in [5.41, 5.74) is 5.80. The molecule has 2 atom stereocenters. The number of aromatic nitrogens is 2. The molecule has 2 bridgehead atoms. The second-order valence-electron chi connectivity index (χ2n) is 10.1. The lowest BCUT2D eigenvalue weighted by molar-refractivity contribution is -0.157. The highest BCUT2D eigenvalue weighted by Crippen LogP contribution is 2.29. The molecule has 2 unspecified atom stereocenters. The van der Waals surface area contributed by atoms with Crippen molar-refractivity contribution < 1.29 is 23.9 Å². The van der Waals surface area contributed by atoms with Crippen LogP contribution in [0.3, 0.4) is 0 Å². The first-order valence-electron chi connectivity index (χ1n) is 12.7. The molecule has 0 radical (unpaired) electrons. The normalized spacial score (nSPS) is 18.0. The fourth-order valence-corrected chi connectivity index (χ4v) is 4.62. The Morgan fingerprint density at radius 3 is 2.62 bits per heavy atom. The summed E-state index contributed by atoms with van der Waals surface area (Å²) in [4.78, 5) is 58.2. The third kappa shape index (κ3) is 6.83. The van der Waals surface area contributed by atoms with E-state index in [0.29, 0.717) is 61.6 Å². The van der Waals surface area contributed by atoms with Crippen molar-refractivity contribution in [2.24, 2.45) is 11.1 Å². The van der Waals surface area contributed by atoms with Crippen LogP contribution in [0.25, 0.3) is 0 Å². The number of benzene rings is 1. The maximum Gasteiger partial charge on any atom is 0.329 e. The number of ether oxygens (including phenoxy) is 1. The number of carbonyl (C=O) groups excluding carboxylic acids is 4. The van der Waals surface area contributed by atoms with Crippen molar-refractivity contribution in [1.29, 1.82) is 0 Å². The lowest BCUT2D eigenvalue weighted by Crippen LogP contribution is -2.46. The molecule has 1 aromatic heterocycles. The van der Waals surface area contributed by atoms with Crippen molar-refractivity contribution in [1.82, 2.24) is 20.2 Å². The molecule has 1 aromatic carbocycles. The molecule has 2 aliphatic heterocycles. The average molecular weight is 602 g/mol. The van der Waals surface area contributed by atoms with E-state index in [1.165, 1.54) is 13.8 Å². The van der Waals surface area contributed by atoms with Gasteiger partial charge in [0, 0.05) is 37.8 Å². The summed E-state index contributed by atoms with van der Waals surface area (Å²) in [7, 11) is 0. The molecule has 0 aliphatic carbocycles. The van der Waals surface area contributed by atoms with Gasteiger partial charge >= 0.3 is 5.97 Å². The Morgan fingerprint density at radius 1 is 1.21 bits per heavy atom. The molecule has 2 aliphatic rings. The zero-order chi connectivity index (χ0) is 28.2. The number of amides is 3. The van der Waals surface area contributed by atoms with Crippen LogP contribution >= 0.6 is 15.9 Å². The summed E-state index contributed by atoms with van der Waals surface area (Å²) in [6.07, 6.45) is 3.60. The predicted molar refractivity (Wildman–Crippen MR) is 147 cm³/mol. The number of nitrogens with zero attached hydrogens (tertiary/aromatic N) is 3. The highest BCUT2D eigenvalue weighted by Gasteiger charge is 2.48. The molecule has 12 nitrogen and oxygen atoms in total. The molecule has 3 amide bonds. The number of rotatable bonds is 12. The molecule has 2 aromatic rings. The maximum absolute atomic E-state index is 12.6. The number of hydrogen-bond acceptors (Lipinski definition) is 9. The molecule has 208 valence electrons. The number of likely N-dealkylation sites (tertiary alicyclic amines) is 1. The number of carbonyl (C=O) groups is 4. The Hall–Kier alpha value is -3.74. The van der Waals surface area contributed by atoms with Crippen molar-refractivity contribution in [3.05, 3.63) is 40.5 Å². The van der Waals surface area contributed by atoms with Gasteiger partial charge < -0.3 is 31.3 Å². The lowest BCUT2D eigenvalue weighted by Gasteiger charge is -2.25. The van der Waals surface area contributed by atoms with Gasteiger partial charge in [0.1, 0.15) is 23.4 Å². The van der Waals surface area contributed by atoms with Crippen LogP contribution in [0, 0.1) is 5.41 Å². The first-order valence-corrected chi connectivity index (χ1v) is 13.5. The molecule has 13 heteroatoms. The SMILES string of the molecule is CC(C)(C(N)=O)C(=O)NCCCNc1nc(Nc2ccc(CCC(=O)N3CC4CC3C(=O)O4)cc2)ncc1Br. The third-order valence-electron chi connectivity index (χ3n) is 6.83. The Bertz CT molecular complexity index is 1250. The van der Waals surface area contributed by atoms with Crippen molar-refractivity contribution in [2.75, 3.05) is 30.3 Å². The largest absolute Gasteiger partial charge is 0.459 e. The van der Waals surface area contributed by atoms with Gasteiger partial charge in [-0.15, -0.1) is 0 Å². The highest BCUT2D eigenvalue weighted by molar-refractivity contribution is 9.10. The van der Waals surface area contributed by atoms with E-state index in [-0.39, 0.29) is 18.0 Å². The minimum absolute atomic E-state index is 0.0264. The Balaban J connectivity index is 1.22. The van der Waals surface area contributed by atoms with Gasteiger partial charge in [-0.25, -0.2) is 9.78 Å². The Morgan fingerprint density at radius 2 is 1.95 bits per heavy atom. The molecule has 39 heavy (non-hydrogen) atoms. The van der Waals surface area contributed by atoms with Crippen LogP contribution in [-0.4, -0.2) is 70.3 Å². The molecule has 4 rings (SSSR count). The van der Waals surface area contributed by atoms with Gasteiger partial charge in [0.05, 0.1) is 11.0 Å². The summed E-state index contributed by atoms with van der Waals surface area (Å²) < 4.78 is 5.84. The topological polar surface area (TPSA) is 169 Å². The predicted octanol–water partition coefficient (Wildman–Crippen LogP) is 1.87. The van der Waals surface area contributed by atoms with E-state index in [2.05, 4.69) is 41.8 Å². The maximum atomic E-state index is 12.6. The molecule has 2 fully saturated rings. The van der Waals surface area contributed by atoms with E-state index in [0.717, 1.165) is 11.3 Å². The summed E-state index contributed by atoms with van der Waals surface area (Å²) in [6, 6.07) is 7.24. The monoisotopic (exact) mass is 601 g/mol. The van der Waals surface area contributed by atoms with Crippen LogP contribution in [0.5, 0.6) is 0 Å². The van der Waals surface area contributed by atoms with Crippen molar-refractivity contribution >= 4 is 57.1 Å². The molecule has 0 saturated carbocycles. The quantitative estimate of drug-likeness (QED) is 0.161. The van der Waals surface area contributed by atoms with Crippen LogP contribution in [0.1, 0.15) is 38.7 Å². The second kappa shape index (κ2) is 12.0. The van der Waals surface area contributed by atoms with Gasteiger partial charge in [0.15, 0.2) is 0 Å². The minimum atomic E-state index is -1.26. The number of esters is 1. The van der Waals surface area contributed by atoms with Gasteiger partial charge in [-0.1, -0.05) is 12.1 Å². The number of fused-ring (bicyclic) bond motifs is 2. The smallest absolute Gasteiger partial charge is 0.329 e. The number of nitrogens with two attached hydrogens (primary N) is 1. The molecule has 5 N–H and O–H groups in total. The number of halogens is 1. The van der Waals surface area contributed by atoms with Crippen LogP contribution < -0.4 is 21.7 Å². The summed E-state index contributed by atoms with van der Waals surface area (Å²) in [5.74, 6) is -0.416. The summed E-state index contributed by atoms with van der Waals surface area (Å²) >= 11 is 3.43. The number of morpholine rings is 1. The van der Waals surface area contributed by atoms with Crippen LogP contribution in [0.15, 0.2) is 34.9 Å². The van der Waals surface area contributed by atoms with Crippen molar-refractivity contribution in [3.8, 4) is 0 Å². The molecular formula is C26H32BrN7O5. The zero-order valence-electron chi connectivity index (χ0n) is 21.8. The van der Waals surface area contributed by atoms with Gasteiger partial charge in [-0.3, -0.25) is 14.4 Å². The number of nitrogens with one attached hydrogen (secondary N) is 3. The zero-order valence-corrected chi connectivity index (χ0v) is 23.4. The molecule has 3 heterocycles. The van der Waals surface area contributed by atoms with Gasteiger partial charge in [-0.2, -0.15) is 4.98 Å². The molecule has 0 spiro atoms. The van der Waals surface area contributed by atoms with Crippen LogP contribution in [0.4, 0.5) is 17.5 Å². The third-order valence-corrected chi connectivity index (χ3v) is 7.42. The number of anilines is 3. The summed E-state index contributed by atoms with van der Waals surface area (Å²) in [5, 5.41) is 9.08. The fourth-order valence-electron chi connectivity index (χ4n) is 4.28. The number of hydrogen-bond donors (Lipinski definition) is 4. The van der Waals surface area contributed by atoms with E-state index >= 15 is 0 Å². The van der Waals surface area contributed by atoms with Crippen LogP contribution in [0.2, 0.25) is 0 Å². The van der Waals surface area contributed by atoms with Gasteiger partial charge in [0.2, 0.25) is 23.7 Å². The summed E-state index contributed by atoms with van der Waals surface area (Å²) in [6.45, 7) is 4.37. The average Bonchev–Trinajstić information content (AvgIpc) is 3.49. The lowest BCUT2D eigenvalue weighted by atomic mass is 9.91. The number of aryl methyl sites for hydroxylation is 1. The van der Waals surface area contributed by atoms with E-state index in [1.54, 1.807) is 11.1 Å². The first kappa shape index (κ1) is 28.3. The molecule has 2 saturated heterocycles. The standard InChI is InChI=1S/C26H32BrN7O5/c1-26(2,23(28)37)24(38)30-11-3-10-29-21-18(27)13-31-25(33-21)32-16-7-4-15(5-8-16)6-9-20(35)34-14-17-12-19(34)22(36)39-17/h4-5,7-8,13,17,19H,3,6,9-12,14H2,1-2H3,(H2,28,37)(H,30,38)(H2,29,31,32,33). The number of primary amides is 1. The van der Waals surface area contributed by atoms with Gasteiger partial charge in [-0.05, 0) is 60.3 Å². The Labute approximate surface area is 234 Å². The highest BCUT2D eigenvalue weighted by atomic mass is 79.9. The fraction of sp³-hybridized carbons (Fsp3) is 0.462. The van der Waals surface area contributed by atoms with Crippen LogP contribution in [-0.2, 0) is 30.3 Å². The minimum Gasteiger partial charge on any atom is -0.459 e. The molecular weight excluding hydrogens is 570 g/mol.